The Bertz CT molecular complexity index is 714. The van der Waals surface area contributed by atoms with Gasteiger partial charge in [0.15, 0.2) is 0 Å². The SMILES string of the molecule is COC(=O)Nc1ccc(CNC(=O)Nc2ccc(N(C)C)nc2)cc1. The van der Waals surface area contributed by atoms with Crippen molar-refractivity contribution >= 4 is 29.3 Å². The molecule has 1 aromatic heterocycles. The summed E-state index contributed by atoms with van der Waals surface area (Å²) in [6.45, 7) is 0.355. The van der Waals surface area contributed by atoms with Crippen LogP contribution in [0, 0.1) is 0 Å². The van der Waals surface area contributed by atoms with Crippen LogP contribution in [0.25, 0.3) is 0 Å². The maximum Gasteiger partial charge on any atom is 0.411 e. The summed E-state index contributed by atoms with van der Waals surface area (Å²) in [6.07, 6.45) is 1.07. The molecule has 0 radical (unpaired) electrons. The summed E-state index contributed by atoms with van der Waals surface area (Å²) in [5.41, 5.74) is 2.12. The zero-order valence-electron chi connectivity index (χ0n) is 14.4. The van der Waals surface area contributed by atoms with Crippen molar-refractivity contribution in [3.63, 3.8) is 0 Å². The Morgan fingerprint density at radius 2 is 1.72 bits per heavy atom. The van der Waals surface area contributed by atoms with E-state index in [1.165, 1.54) is 7.11 Å². The zero-order valence-corrected chi connectivity index (χ0v) is 14.4. The van der Waals surface area contributed by atoms with Gasteiger partial charge in [-0.3, -0.25) is 5.32 Å². The van der Waals surface area contributed by atoms with Gasteiger partial charge in [0.1, 0.15) is 5.82 Å². The fourth-order valence-corrected chi connectivity index (χ4v) is 1.96. The third-order valence-electron chi connectivity index (χ3n) is 3.30. The second-order valence-electron chi connectivity index (χ2n) is 5.42. The number of rotatable bonds is 5. The van der Waals surface area contributed by atoms with Crippen molar-refractivity contribution in [3.8, 4) is 0 Å². The van der Waals surface area contributed by atoms with E-state index in [2.05, 4.69) is 25.7 Å². The third kappa shape index (κ3) is 5.69. The summed E-state index contributed by atoms with van der Waals surface area (Å²) >= 11 is 0. The summed E-state index contributed by atoms with van der Waals surface area (Å²) < 4.78 is 4.52. The number of hydrogen-bond acceptors (Lipinski definition) is 5. The molecule has 8 heteroatoms. The minimum atomic E-state index is -0.529. The molecule has 0 aliphatic carbocycles. The highest BCUT2D eigenvalue weighted by Crippen LogP contribution is 2.12. The number of carbonyl (C=O) groups excluding carboxylic acids is 2. The van der Waals surface area contributed by atoms with E-state index in [0.29, 0.717) is 17.9 Å². The van der Waals surface area contributed by atoms with Gasteiger partial charge < -0.3 is 20.3 Å². The maximum absolute atomic E-state index is 11.9. The van der Waals surface area contributed by atoms with Gasteiger partial charge in [0.05, 0.1) is 19.0 Å². The van der Waals surface area contributed by atoms with Crippen LogP contribution in [0.4, 0.5) is 26.8 Å². The summed E-state index contributed by atoms with van der Waals surface area (Å²) in [4.78, 5) is 29.1. The van der Waals surface area contributed by atoms with Gasteiger partial charge in [0.25, 0.3) is 0 Å². The Kier molecular flexibility index (Phi) is 6.16. The van der Waals surface area contributed by atoms with Gasteiger partial charge in [-0.2, -0.15) is 0 Å². The van der Waals surface area contributed by atoms with Crippen LogP contribution in [0.1, 0.15) is 5.56 Å². The average Bonchev–Trinajstić information content (AvgIpc) is 2.61. The molecular formula is C17H21N5O3. The second kappa shape index (κ2) is 8.53. The maximum atomic E-state index is 11.9. The number of pyridine rings is 1. The molecule has 0 aliphatic rings. The Labute approximate surface area is 146 Å². The van der Waals surface area contributed by atoms with E-state index in [0.717, 1.165) is 11.4 Å². The Morgan fingerprint density at radius 1 is 1.04 bits per heavy atom. The molecule has 0 unspecified atom stereocenters. The molecule has 1 heterocycles. The standard InChI is InChI=1S/C17H21N5O3/c1-22(2)15-9-8-14(11-18-15)20-16(23)19-10-12-4-6-13(7-5-12)21-17(24)25-3/h4-9,11H,10H2,1-3H3,(H,21,24)(H2,19,20,23). The Morgan fingerprint density at radius 3 is 2.28 bits per heavy atom. The molecule has 0 saturated heterocycles. The van der Waals surface area contributed by atoms with Crippen LogP contribution in [-0.2, 0) is 11.3 Å². The quantitative estimate of drug-likeness (QED) is 0.776. The van der Waals surface area contributed by atoms with E-state index in [4.69, 9.17) is 0 Å². The molecule has 0 fully saturated rings. The van der Waals surface area contributed by atoms with Crippen LogP contribution < -0.4 is 20.9 Å². The van der Waals surface area contributed by atoms with Gasteiger partial charge in [0, 0.05) is 26.3 Å². The Balaban J connectivity index is 1.82. The summed E-state index contributed by atoms with van der Waals surface area (Å²) in [7, 11) is 5.10. The molecule has 0 bridgehead atoms. The average molecular weight is 343 g/mol. The topological polar surface area (TPSA) is 95.6 Å². The zero-order chi connectivity index (χ0) is 18.2. The van der Waals surface area contributed by atoms with Gasteiger partial charge in [-0.25, -0.2) is 14.6 Å². The highest BCUT2D eigenvalue weighted by atomic mass is 16.5. The number of hydrogen-bond donors (Lipinski definition) is 3. The van der Waals surface area contributed by atoms with E-state index in [1.807, 2.05) is 25.1 Å². The lowest BCUT2D eigenvalue weighted by atomic mass is 10.2. The first kappa shape index (κ1) is 18.1. The van der Waals surface area contributed by atoms with Crippen LogP contribution in [0.3, 0.4) is 0 Å². The smallest absolute Gasteiger partial charge is 0.411 e. The summed E-state index contributed by atoms with van der Waals surface area (Å²) in [6, 6.07) is 10.4. The van der Waals surface area contributed by atoms with Gasteiger partial charge >= 0.3 is 12.1 Å². The largest absolute Gasteiger partial charge is 0.453 e. The molecule has 3 N–H and O–H groups in total. The fraction of sp³-hybridized carbons (Fsp3) is 0.235. The van der Waals surface area contributed by atoms with Crippen LogP contribution in [0.5, 0.6) is 0 Å². The molecule has 0 aliphatic heterocycles. The molecule has 0 atom stereocenters. The predicted molar refractivity (Wildman–Crippen MR) is 96.9 cm³/mol. The van der Waals surface area contributed by atoms with Crippen LogP contribution in [-0.4, -0.2) is 38.3 Å². The minimum Gasteiger partial charge on any atom is -0.453 e. The summed E-state index contributed by atoms with van der Waals surface area (Å²) in [5.74, 6) is 0.812. The number of nitrogens with zero attached hydrogens (tertiary/aromatic N) is 2. The number of methoxy groups -OCH3 is 1. The lowest BCUT2D eigenvalue weighted by molar-refractivity contribution is 0.187. The first-order chi connectivity index (χ1) is 12.0. The number of carbonyl (C=O) groups is 2. The number of anilines is 3. The lowest BCUT2D eigenvalue weighted by Gasteiger charge is -2.12. The number of benzene rings is 1. The van der Waals surface area contributed by atoms with Crippen molar-refractivity contribution in [2.24, 2.45) is 0 Å². The van der Waals surface area contributed by atoms with E-state index in [9.17, 15) is 9.59 Å². The molecular weight excluding hydrogens is 322 g/mol. The molecule has 1 aromatic carbocycles. The van der Waals surface area contributed by atoms with Crippen LogP contribution in [0.15, 0.2) is 42.6 Å². The number of nitrogens with one attached hydrogen (secondary N) is 3. The molecule has 0 saturated carbocycles. The third-order valence-corrected chi connectivity index (χ3v) is 3.30. The van der Waals surface area contributed by atoms with Gasteiger partial charge in [-0.05, 0) is 29.8 Å². The van der Waals surface area contributed by atoms with Crippen molar-refractivity contribution in [3.05, 3.63) is 48.2 Å². The lowest BCUT2D eigenvalue weighted by Crippen LogP contribution is -2.28. The van der Waals surface area contributed by atoms with E-state index >= 15 is 0 Å². The van der Waals surface area contributed by atoms with E-state index in [-0.39, 0.29) is 6.03 Å². The Hall–Kier alpha value is -3.29. The van der Waals surface area contributed by atoms with Crippen molar-refractivity contribution < 1.29 is 14.3 Å². The van der Waals surface area contributed by atoms with Gasteiger partial charge in [-0.15, -0.1) is 0 Å². The predicted octanol–water partition coefficient (Wildman–Crippen LogP) is 2.65. The number of amides is 3. The molecule has 0 spiro atoms. The van der Waals surface area contributed by atoms with Crippen molar-refractivity contribution in [1.29, 1.82) is 0 Å². The number of aromatic nitrogens is 1. The highest BCUT2D eigenvalue weighted by Gasteiger charge is 2.04. The molecule has 3 amide bonds. The van der Waals surface area contributed by atoms with Crippen molar-refractivity contribution in [2.45, 2.75) is 6.54 Å². The van der Waals surface area contributed by atoms with Gasteiger partial charge in [-0.1, -0.05) is 12.1 Å². The second-order valence-corrected chi connectivity index (χ2v) is 5.42. The van der Waals surface area contributed by atoms with E-state index < -0.39 is 6.09 Å². The first-order valence-electron chi connectivity index (χ1n) is 7.60. The highest BCUT2D eigenvalue weighted by molar-refractivity contribution is 5.89. The van der Waals surface area contributed by atoms with Gasteiger partial charge in [0.2, 0.25) is 0 Å². The molecule has 2 rings (SSSR count). The van der Waals surface area contributed by atoms with Crippen LogP contribution >= 0.6 is 0 Å². The monoisotopic (exact) mass is 343 g/mol. The first-order valence-corrected chi connectivity index (χ1v) is 7.60. The van der Waals surface area contributed by atoms with Crippen molar-refractivity contribution in [2.75, 3.05) is 36.7 Å². The molecule has 2 aromatic rings. The van der Waals surface area contributed by atoms with E-state index in [1.54, 1.807) is 36.5 Å². The molecule has 132 valence electrons. The van der Waals surface area contributed by atoms with Crippen molar-refractivity contribution in [1.82, 2.24) is 10.3 Å². The molecule has 8 nitrogen and oxygen atoms in total. The number of ether oxygens (including phenoxy) is 1. The molecule has 25 heavy (non-hydrogen) atoms. The fourth-order valence-electron chi connectivity index (χ4n) is 1.96. The van der Waals surface area contributed by atoms with Crippen LogP contribution in [0.2, 0.25) is 0 Å². The minimum absolute atomic E-state index is 0.323. The number of urea groups is 1. The normalized spacial score (nSPS) is 9.88. The summed E-state index contributed by atoms with van der Waals surface area (Å²) in [5, 5.41) is 8.03.